The lowest BCUT2D eigenvalue weighted by molar-refractivity contribution is -0.145. The molecule has 1 rings (SSSR count). The van der Waals surface area contributed by atoms with Gasteiger partial charge in [-0.1, -0.05) is 0 Å². The Hall–Kier alpha value is -1.31. The molecule has 0 saturated carbocycles. The molecule has 122 valence electrons. The Bertz CT molecular complexity index is 507. The third kappa shape index (κ3) is 5.53. The minimum atomic E-state index is -3.18. The maximum atomic E-state index is 12.1. The predicted octanol–water partition coefficient (Wildman–Crippen LogP) is 0.830. The fourth-order valence-electron chi connectivity index (χ4n) is 2.35. The van der Waals surface area contributed by atoms with Crippen molar-refractivity contribution in [1.82, 2.24) is 4.90 Å². The van der Waals surface area contributed by atoms with Gasteiger partial charge in [0.05, 0.1) is 12.9 Å². The lowest BCUT2D eigenvalue weighted by Gasteiger charge is -2.27. The Morgan fingerprint density at radius 2 is 1.86 bits per heavy atom. The van der Waals surface area contributed by atoms with Gasteiger partial charge in [-0.25, -0.2) is 18.0 Å². The van der Waals surface area contributed by atoms with Gasteiger partial charge in [-0.15, -0.1) is 0 Å². The molecule has 1 aliphatic heterocycles. The maximum Gasteiger partial charge on any atom is 0.411 e. The van der Waals surface area contributed by atoms with Crippen molar-refractivity contribution in [3.05, 3.63) is 0 Å². The zero-order valence-electron chi connectivity index (χ0n) is 13.1. The van der Waals surface area contributed by atoms with Gasteiger partial charge >= 0.3 is 12.1 Å². The highest BCUT2D eigenvalue weighted by atomic mass is 32.2. The van der Waals surface area contributed by atoms with Gasteiger partial charge in [-0.05, 0) is 33.1 Å². The second kappa shape index (κ2) is 6.21. The lowest BCUT2D eigenvalue weighted by atomic mass is 10.1. The van der Waals surface area contributed by atoms with E-state index in [9.17, 15) is 18.0 Å². The van der Waals surface area contributed by atoms with Gasteiger partial charge in [-0.2, -0.15) is 0 Å². The van der Waals surface area contributed by atoms with Crippen molar-refractivity contribution in [1.29, 1.82) is 0 Å². The van der Waals surface area contributed by atoms with Crippen LogP contribution in [-0.4, -0.2) is 62.7 Å². The van der Waals surface area contributed by atoms with Crippen molar-refractivity contribution in [3.63, 3.8) is 0 Å². The number of carbonyl (C=O) groups is 2. The molecule has 0 N–H and O–H groups in total. The summed E-state index contributed by atoms with van der Waals surface area (Å²) < 4.78 is 32.7. The van der Waals surface area contributed by atoms with Crippen LogP contribution in [0, 0.1) is 5.92 Å². The number of ether oxygens (including phenoxy) is 2. The highest BCUT2D eigenvalue weighted by Crippen LogP contribution is 2.27. The molecule has 8 heteroatoms. The Kier molecular flexibility index (Phi) is 5.25. The van der Waals surface area contributed by atoms with E-state index in [1.807, 2.05) is 0 Å². The van der Waals surface area contributed by atoms with Crippen LogP contribution >= 0.6 is 0 Å². The monoisotopic (exact) mass is 321 g/mol. The largest absolute Gasteiger partial charge is 0.467 e. The zero-order chi connectivity index (χ0) is 16.4. The van der Waals surface area contributed by atoms with Crippen LogP contribution in [0.3, 0.4) is 0 Å². The molecule has 1 fully saturated rings. The van der Waals surface area contributed by atoms with Crippen molar-refractivity contribution >= 4 is 21.9 Å². The van der Waals surface area contributed by atoms with Crippen LogP contribution in [0.25, 0.3) is 0 Å². The summed E-state index contributed by atoms with van der Waals surface area (Å²) in [6.45, 7) is 5.34. The van der Waals surface area contributed by atoms with E-state index in [1.165, 1.54) is 12.0 Å². The van der Waals surface area contributed by atoms with Gasteiger partial charge in [0, 0.05) is 12.8 Å². The quantitative estimate of drug-likeness (QED) is 0.715. The van der Waals surface area contributed by atoms with Crippen molar-refractivity contribution in [2.75, 3.05) is 25.7 Å². The number of sulfone groups is 1. The van der Waals surface area contributed by atoms with Gasteiger partial charge < -0.3 is 9.47 Å². The minimum Gasteiger partial charge on any atom is -0.467 e. The number of methoxy groups -OCH3 is 1. The Morgan fingerprint density at radius 1 is 1.29 bits per heavy atom. The van der Waals surface area contributed by atoms with Gasteiger partial charge in [0.1, 0.15) is 21.5 Å². The van der Waals surface area contributed by atoms with Gasteiger partial charge in [0.25, 0.3) is 0 Å². The van der Waals surface area contributed by atoms with Crippen molar-refractivity contribution in [2.24, 2.45) is 5.92 Å². The second-order valence-corrected chi connectivity index (χ2v) is 8.55. The fourth-order valence-corrected chi connectivity index (χ4v) is 3.45. The number of esters is 1. The molecule has 0 aliphatic carbocycles. The number of likely N-dealkylation sites (tertiary alicyclic amines) is 1. The molecule has 7 nitrogen and oxygen atoms in total. The maximum absolute atomic E-state index is 12.1. The highest BCUT2D eigenvalue weighted by molar-refractivity contribution is 7.90. The van der Waals surface area contributed by atoms with E-state index in [2.05, 4.69) is 4.74 Å². The Labute approximate surface area is 125 Å². The van der Waals surface area contributed by atoms with Gasteiger partial charge in [0.15, 0.2) is 0 Å². The fraction of sp³-hybridized carbons (Fsp3) is 0.846. The van der Waals surface area contributed by atoms with Gasteiger partial charge in [0.2, 0.25) is 0 Å². The molecule has 2 atom stereocenters. The summed E-state index contributed by atoms with van der Waals surface area (Å²) >= 11 is 0. The average Bonchev–Trinajstić information content (AvgIpc) is 2.67. The van der Waals surface area contributed by atoms with Crippen LogP contribution < -0.4 is 0 Å². The number of hydrogen-bond donors (Lipinski definition) is 0. The van der Waals surface area contributed by atoms with Crippen molar-refractivity contribution < 1.29 is 27.5 Å². The number of amides is 1. The molecule has 2 unspecified atom stereocenters. The molecule has 21 heavy (non-hydrogen) atoms. The topological polar surface area (TPSA) is 90.0 Å². The van der Waals surface area contributed by atoms with Crippen molar-refractivity contribution in [3.8, 4) is 0 Å². The normalized spacial score (nSPS) is 23.0. The number of rotatable bonds is 3. The first kappa shape index (κ1) is 17.7. The second-order valence-electron chi connectivity index (χ2n) is 6.37. The standard InChI is InChI=1S/C13H23NO6S/c1-13(2,3)20-12(16)14-7-9(8-21(5,17)18)6-10(14)11(15)19-4/h9-10H,6-8H2,1-5H3. The van der Waals surface area contributed by atoms with E-state index in [0.29, 0.717) is 0 Å². The summed E-state index contributed by atoms with van der Waals surface area (Å²) in [6.07, 6.45) is 0.767. The first-order valence-corrected chi connectivity index (χ1v) is 8.74. The molecular formula is C13H23NO6S. The van der Waals surface area contributed by atoms with Crippen LogP contribution in [-0.2, 0) is 24.1 Å². The van der Waals surface area contributed by atoms with E-state index >= 15 is 0 Å². The molecule has 0 aromatic heterocycles. The molecule has 1 saturated heterocycles. The molecule has 0 aromatic rings. The zero-order valence-corrected chi connectivity index (χ0v) is 13.9. The number of nitrogens with zero attached hydrogens (tertiary/aromatic N) is 1. The Morgan fingerprint density at radius 3 is 2.29 bits per heavy atom. The lowest BCUT2D eigenvalue weighted by Crippen LogP contribution is -2.43. The molecule has 1 aliphatic rings. The van der Waals surface area contributed by atoms with Crippen LogP contribution in [0.4, 0.5) is 4.79 Å². The summed E-state index contributed by atoms with van der Waals surface area (Å²) in [6, 6.07) is -0.795. The summed E-state index contributed by atoms with van der Waals surface area (Å²) in [5.74, 6) is -0.923. The molecule has 0 aromatic carbocycles. The van der Waals surface area contributed by atoms with E-state index in [1.54, 1.807) is 20.8 Å². The van der Waals surface area contributed by atoms with E-state index < -0.39 is 33.5 Å². The first-order valence-electron chi connectivity index (χ1n) is 6.68. The van der Waals surface area contributed by atoms with Crippen LogP contribution in [0.5, 0.6) is 0 Å². The minimum absolute atomic E-state index is 0.0697. The predicted molar refractivity (Wildman–Crippen MR) is 76.6 cm³/mol. The summed E-state index contributed by atoms with van der Waals surface area (Å²) in [5, 5.41) is 0. The molecule has 1 amide bonds. The van der Waals surface area contributed by atoms with E-state index in [0.717, 1.165) is 6.26 Å². The number of carbonyl (C=O) groups excluding carboxylic acids is 2. The summed E-state index contributed by atoms with van der Waals surface area (Å²) in [5.41, 5.74) is -0.688. The molecule has 0 bridgehead atoms. The first-order chi connectivity index (χ1) is 9.43. The number of hydrogen-bond acceptors (Lipinski definition) is 6. The highest BCUT2D eigenvalue weighted by Gasteiger charge is 2.42. The molecule has 0 spiro atoms. The van der Waals surface area contributed by atoms with Crippen molar-refractivity contribution in [2.45, 2.75) is 38.8 Å². The van der Waals surface area contributed by atoms with Gasteiger partial charge in [-0.3, -0.25) is 4.90 Å². The van der Waals surface area contributed by atoms with Crippen LogP contribution in [0.15, 0.2) is 0 Å². The third-order valence-corrected chi connectivity index (χ3v) is 4.10. The smallest absolute Gasteiger partial charge is 0.411 e. The molecule has 0 radical (unpaired) electrons. The Balaban J connectivity index is 2.88. The average molecular weight is 321 g/mol. The molecule has 1 heterocycles. The van der Waals surface area contributed by atoms with Crippen LogP contribution in [0.2, 0.25) is 0 Å². The van der Waals surface area contributed by atoms with E-state index in [4.69, 9.17) is 4.74 Å². The van der Waals surface area contributed by atoms with Crippen LogP contribution in [0.1, 0.15) is 27.2 Å². The third-order valence-electron chi connectivity index (χ3n) is 3.03. The SMILES string of the molecule is COC(=O)C1CC(CS(C)(=O)=O)CN1C(=O)OC(C)(C)C. The summed E-state index contributed by atoms with van der Waals surface area (Å²) in [7, 11) is -1.94. The summed E-state index contributed by atoms with van der Waals surface area (Å²) in [4.78, 5) is 25.2. The molecular weight excluding hydrogens is 298 g/mol. The van der Waals surface area contributed by atoms with E-state index in [-0.39, 0.29) is 24.6 Å².